The van der Waals surface area contributed by atoms with Crippen LogP contribution in [0.2, 0.25) is 0 Å². The smallest absolute Gasteiger partial charge is 0.304 e. The Kier molecular flexibility index (Phi) is 4.90. The molecule has 0 aromatic carbocycles. The molecule has 1 atom stereocenters. The van der Waals surface area contributed by atoms with Gasteiger partial charge in [0.15, 0.2) is 0 Å². The molecule has 0 spiro atoms. The normalized spacial score (nSPS) is 22.8. The topological polar surface area (TPSA) is 49.8 Å². The van der Waals surface area contributed by atoms with Crippen molar-refractivity contribution in [2.24, 2.45) is 5.92 Å². The molecule has 82 valence electrons. The van der Waals surface area contributed by atoms with E-state index in [9.17, 15) is 4.79 Å². The Morgan fingerprint density at radius 1 is 1.64 bits per heavy atom. The van der Waals surface area contributed by atoms with Crippen molar-refractivity contribution in [2.75, 3.05) is 32.8 Å². The number of rotatable bonds is 6. The summed E-state index contributed by atoms with van der Waals surface area (Å²) in [5, 5.41) is 8.53. The highest BCUT2D eigenvalue weighted by Crippen LogP contribution is 2.16. The minimum Gasteiger partial charge on any atom is -0.481 e. The molecule has 14 heavy (non-hydrogen) atoms. The van der Waals surface area contributed by atoms with E-state index in [1.54, 1.807) is 0 Å². The number of ether oxygens (including phenoxy) is 1. The van der Waals surface area contributed by atoms with Gasteiger partial charge in [0.05, 0.1) is 13.0 Å². The van der Waals surface area contributed by atoms with Crippen LogP contribution in [-0.4, -0.2) is 48.8 Å². The fourth-order valence-electron chi connectivity index (χ4n) is 1.79. The summed E-state index contributed by atoms with van der Waals surface area (Å²) in [5.41, 5.74) is 0. The van der Waals surface area contributed by atoms with Crippen LogP contribution in [0.1, 0.15) is 19.8 Å². The molecule has 1 heterocycles. The Hall–Kier alpha value is -0.610. The summed E-state index contributed by atoms with van der Waals surface area (Å²) in [6, 6.07) is 0. The third-order valence-corrected chi connectivity index (χ3v) is 2.57. The third kappa shape index (κ3) is 4.07. The van der Waals surface area contributed by atoms with E-state index >= 15 is 0 Å². The molecule has 0 aromatic heterocycles. The summed E-state index contributed by atoms with van der Waals surface area (Å²) >= 11 is 0. The zero-order chi connectivity index (χ0) is 10.4. The molecule has 4 nitrogen and oxygen atoms in total. The number of carboxylic acid groups (broad SMARTS) is 1. The molecule has 0 radical (unpaired) electrons. The Balaban J connectivity index is 2.10. The van der Waals surface area contributed by atoms with E-state index in [1.165, 1.54) is 0 Å². The van der Waals surface area contributed by atoms with Crippen molar-refractivity contribution in [1.82, 2.24) is 4.90 Å². The van der Waals surface area contributed by atoms with Gasteiger partial charge < -0.3 is 14.7 Å². The highest BCUT2D eigenvalue weighted by Gasteiger charge is 2.22. The fraction of sp³-hybridized carbons (Fsp3) is 0.900. The first-order valence-corrected chi connectivity index (χ1v) is 5.24. The standard InChI is InChI=1S/C10H19NO3/c1-2-14-8-9-3-5-11(7-9)6-4-10(12)13/h9H,2-8H2,1H3,(H,12,13)/t9-/m1/s1. The molecule has 0 aromatic rings. The van der Waals surface area contributed by atoms with Crippen molar-refractivity contribution in [3.63, 3.8) is 0 Å². The number of hydrogen-bond acceptors (Lipinski definition) is 3. The average Bonchev–Trinajstić information content (AvgIpc) is 2.59. The van der Waals surface area contributed by atoms with Crippen molar-refractivity contribution in [1.29, 1.82) is 0 Å². The van der Waals surface area contributed by atoms with E-state index in [4.69, 9.17) is 9.84 Å². The Morgan fingerprint density at radius 2 is 2.43 bits per heavy atom. The van der Waals surface area contributed by atoms with E-state index in [0.717, 1.165) is 32.7 Å². The van der Waals surface area contributed by atoms with Crippen LogP contribution in [-0.2, 0) is 9.53 Å². The highest BCUT2D eigenvalue weighted by atomic mass is 16.5. The van der Waals surface area contributed by atoms with Crippen LogP contribution in [0.3, 0.4) is 0 Å². The van der Waals surface area contributed by atoms with E-state index in [2.05, 4.69) is 4.90 Å². The molecule has 0 unspecified atom stereocenters. The average molecular weight is 201 g/mol. The zero-order valence-corrected chi connectivity index (χ0v) is 8.74. The van der Waals surface area contributed by atoms with Crippen LogP contribution >= 0.6 is 0 Å². The van der Waals surface area contributed by atoms with Gasteiger partial charge in [-0.2, -0.15) is 0 Å². The first-order chi connectivity index (χ1) is 6.72. The number of nitrogens with zero attached hydrogens (tertiary/aromatic N) is 1. The van der Waals surface area contributed by atoms with Gasteiger partial charge in [-0.25, -0.2) is 0 Å². The number of aliphatic carboxylic acids is 1. The summed E-state index contributed by atoms with van der Waals surface area (Å²) in [4.78, 5) is 12.6. The second kappa shape index (κ2) is 5.98. The largest absolute Gasteiger partial charge is 0.481 e. The summed E-state index contributed by atoms with van der Waals surface area (Å²) in [6.07, 6.45) is 1.39. The van der Waals surface area contributed by atoms with Gasteiger partial charge in [0.25, 0.3) is 0 Å². The van der Waals surface area contributed by atoms with Crippen molar-refractivity contribution < 1.29 is 14.6 Å². The molecule has 1 saturated heterocycles. The van der Waals surface area contributed by atoms with Crippen LogP contribution in [0.15, 0.2) is 0 Å². The quantitative estimate of drug-likeness (QED) is 0.691. The lowest BCUT2D eigenvalue weighted by Crippen LogP contribution is -2.24. The molecule has 0 saturated carbocycles. The van der Waals surface area contributed by atoms with Gasteiger partial charge in [0.1, 0.15) is 0 Å². The molecule has 0 aliphatic carbocycles. The highest BCUT2D eigenvalue weighted by molar-refractivity contribution is 5.66. The van der Waals surface area contributed by atoms with Crippen molar-refractivity contribution >= 4 is 5.97 Å². The molecule has 1 N–H and O–H groups in total. The maximum Gasteiger partial charge on any atom is 0.304 e. The Labute approximate surface area is 84.8 Å². The lowest BCUT2D eigenvalue weighted by molar-refractivity contribution is -0.137. The number of hydrogen-bond donors (Lipinski definition) is 1. The molecule has 0 amide bonds. The minimum atomic E-state index is -0.710. The minimum absolute atomic E-state index is 0.251. The maximum absolute atomic E-state index is 10.4. The van der Waals surface area contributed by atoms with Gasteiger partial charge in [-0.1, -0.05) is 0 Å². The molecule has 1 fully saturated rings. The first kappa shape index (κ1) is 11.5. The van der Waals surface area contributed by atoms with E-state index in [0.29, 0.717) is 12.5 Å². The SMILES string of the molecule is CCOC[C@@H]1CCN(CCC(=O)O)C1. The zero-order valence-electron chi connectivity index (χ0n) is 8.74. The molecule has 1 aliphatic rings. The van der Waals surface area contributed by atoms with Crippen molar-refractivity contribution in [2.45, 2.75) is 19.8 Å². The second-order valence-electron chi connectivity index (χ2n) is 3.76. The van der Waals surface area contributed by atoms with Crippen LogP contribution < -0.4 is 0 Å². The van der Waals surface area contributed by atoms with Crippen LogP contribution in [0.4, 0.5) is 0 Å². The van der Waals surface area contributed by atoms with Gasteiger partial charge in [-0.15, -0.1) is 0 Å². The van der Waals surface area contributed by atoms with Gasteiger partial charge in [0.2, 0.25) is 0 Å². The number of carbonyl (C=O) groups is 1. The maximum atomic E-state index is 10.4. The third-order valence-electron chi connectivity index (χ3n) is 2.57. The van der Waals surface area contributed by atoms with Gasteiger partial charge in [0, 0.05) is 19.7 Å². The number of carboxylic acids is 1. The van der Waals surface area contributed by atoms with E-state index in [-0.39, 0.29) is 6.42 Å². The van der Waals surface area contributed by atoms with E-state index in [1.807, 2.05) is 6.92 Å². The van der Waals surface area contributed by atoms with Crippen molar-refractivity contribution in [3.8, 4) is 0 Å². The van der Waals surface area contributed by atoms with E-state index < -0.39 is 5.97 Å². The van der Waals surface area contributed by atoms with Crippen molar-refractivity contribution in [3.05, 3.63) is 0 Å². The predicted octanol–water partition coefficient (Wildman–Crippen LogP) is 0.820. The lowest BCUT2D eigenvalue weighted by atomic mass is 10.1. The van der Waals surface area contributed by atoms with Gasteiger partial charge >= 0.3 is 5.97 Å². The van der Waals surface area contributed by atoms with Gasteiger partial charge in [-0.05, 0) is 25.8 Å². The predicted molar refractivity (Wildman–Crippen MR) is 53.3 cm³/mol. The molecular formula is C10H19NO3. The summed E-state index contributed by atoms with van der Waals surface area (Å²) < 4.78 is 5.35. The lowest BCUT2D eigenvalue weighted by Gasteiger charge is -2.14. The monoisotopic (exact) mass is 201 g/mol. The molecule has 1 aliphatic heterocycles. The van der Waals surface area contributed by atoms with Crippen LogP contribution in [0.25, 0.3) is 0 Å². The summed E-state index contributed by atoms with van der Waals surface area (Å²) in [6.45, 7) is 6.28. The molecule has 4 heteroatoms. The fourth-order valence-corrected chi connectivity index (χ4v) is 1.79. The van der Waals surface area contributed by atoms with Crippen LogP contribution in [0, 0.1) is 5.92 Å². The molecule has 1 rings (SSSR count). The second-order valence-corrected chi connectivity index (χ2v) is 3.76. The van der Waals surface area contributed by atoms with Crippen LogP contribution in [0.5, 0.6) is 0 Å². The Bertz CT molecular complexity index is 184. The molecule has 0 bridgehead atoms. The first-order valence-electron chi connectivity index (χ1n) is 5.24. The number of likely N-dealkylation sites (tertiary alicyclic amines) is 1. The van der Waals surface area contributed by atoms with Gasteiger partial charge in [-0.3, -0.25) is 4.79 Å². The summed E-state index contributed by atoms with van der Waals surface area (Å²) in [7, 11) is 0. The Morgan fingerprint density at radius 3 is 3.07 bits per heavy atom. The summed E-state index contributed by atoms with van der Waals surface area (Å²) in [5.74, 6) is -0.109. The molecular weight excluding hydrogens is 182 g/mol.